The molecule has 2 N–H and O–H groups in total. The minimum atomic E-state index is -0.833. The number of allylic oxidation sites excluding steroid dienone is 1. The van der Waals surface area contributed by atoms with Gasteiger partial charge in [0.1, 0.15) is 11.9 Å². The van der Waals surface area contributed by atoms with Gasteiger partial charge in [0.05, 0.1) is 25.1 Å². The van der Waals surface area contributed by atoms with Gasteiger partial charge in [-0.3, -0.25) is 14.6 Å². The molecule has 2 saturated heterocycles. The summed E-state index contributed by atoms with van der Waals surface area (Å²) in [7, 11) is 1.30. The minimum Gasteiger partial charge on any atom is -0.453 e. The molecule has 0 bridgehead atoms. The van der Waals surface area contributed by atoms with Crippen LogP contribution in [0.25, 0.3) is 5.57 Å². The van der Waals surface area contributed by atoms with E-state index in [1.807, 2.05) is 89.8 Å². The highest BCUT2D eigenvalue weighted by molar-refractivity contribution is 6.03. The molecular formula is C42H46N6O4. The first-order valence-electron chi connectivity index (χ1n) is 18.3. The van der Waals surface area contributed by atoms with Gasteiger partial charge in [0.15, 0.2) is 0 Å². The average Bonchev–Trinajstić information content (AvgIpc) is 4.03. The molecule has 0 radical (unpaired) electrons. The van der Waals surface area contributed by atoms with E-state index in [1.54, 1.807) is 0 Å². The number of imidazole rings is 1. The number of amides is 3. The van der Waals surface area contributed by atoms with Crippen LogP contribution in [-0.2, 0) is 27.2 Å². The highest BCUT2D eigenvalue weighted by Crippen LogP contribution is 2.34. The second-order valence-electron chi connectivity index (χ2n) is 13.9. The number of aryl methyl sites for hydroxylation is 2. The van der Waals surface area contributed by atoms with Crippen LogP contribution in [0, 0.1) is 0 Å². The number of aliphatic imine (C=N–C) groups is 1. The summed E-state index contributed by atoms with van der Waals surface area (Å²) in [4.78, 5) is 56.4. The molecule has 52 heavy (non-hydrogen) atoms. The SMILES string of the molecule is COC(=O)N[C@@H](C(=O)N1CCC[C@H]1C1=NC=C(c2ccc(CCc3cnc([C@@H]4CCCN4C(=O)[C@H](C)c4ccccc4)[nH]3)cc2)C1)c1ccccc1. The van der Waals surface area contributed by atoms with Gasteiger partial charge in [0.25, 0.3) is 0 Å². The van der Waals surface area contributed by atoms with Crippen LogP contribution >= 0.6 is 0 Å². The largest absolute Gasteiger partial charge is 0.453 e. The Bertz CT molecular complexity index is 1940. The maximum absolute atomic E-state index is 13.9. The predicted octanol–water partition coefficient (Wildman–Crippen LogP) is 6.94. The van der Waals surface area contributed by atoms with Crippen LogP contribution in [0.15, 0.2) is 102 Å². The van der Waals surface area contributed by atoms with Gasteiger partial charge >= 0.3 is 6.09 Å². The molecule has 3 amide bonds. The summed E-state index contributed by atoms with van der Waals surface area (Å²) < 4.78 is 4.83. The molecule has 4 aromatic rings. The Labute approximate surface area is 305 Å². The highest BCUT2D eigenvalue weighted by Gasteiger charge is 2.38. The molecule has 0 unspecified atom stereocenters. The van der Waals surface area contributed by atoms with Gasteiger partial charge in [0.2, 0.25) is 11.8 Å². The van der Waals surface area contributed by atoms with Crippen molar-refractivity contribution in [2.24, 2.45) is 4.99 Å². The maximum atomic E-state index is 13.9. The Hall–Kier alpha value is -5.51. The molecule has 3 aliphatic rings. The van der Waals surface area contributed by atoms with E-state index >= 15 is 0 Å². The Morgan fingerprint density at radius 3 is 2.19 bits per heavy atom. The first-order valence-corrected chi connectivity index (χ1v) is 18.3. The van der Waals surface area contributed by atoms with Crippen molar-refractivity contribution in [2.45, 2.75) is 75.9 Å². The van der Waals surface area contributed by atoms with E-state index in [0.717, 1.165) is 79.0 Å². The van der Waals surface area contributed by atoms with Crippen LogP contribution in [-0.4, -0.2) is 69.6 Å². The summed E-state index contributed by atoms with van der Waals surface area (Å²) in [5, 5.41) is 2.73. The van der Waals surface area contributed by atoms with Crippen molar-refractivity contribution in [1.29, 1.82) is 0 Å². The van der Waals surface area contributed by atoms with Crippen LogP contribution < -0.4 is 5.32 Å². The van der Waals surface area contributed by atoms with Crippen LogP contribution in [0.5, 0.6) is 0 Å². The number of ether oxygens (including phenoxy) is 1. The number of methoxy groups -OCH3 is 1. The summed E-state index contributed by atoms with van der Waals surface area (Å²) in [6.07, 6.45) is 9.16. The quantitative estimate of drug-likeness (QED) is 0.176. The second kappa shape index (κ2) is 15.8. The van der Waals surface area contributed by atoms with Crippen molar-refractivity contribution in [3.8, 4) is 0 Å². The number of rotatable bonds is 11. The lowest BCUT2D eigenvalue weighted by Crippen LogP contribution is -2.47. The summed E-state index contributed by atoms with van der Waals surface area (Å²) in [5.41, 5.74) is 7.27. The van der Waals surface area contributed by atoms with Gasteiger partial charge in [0, 0.05) is 43.3 Å². The Balaban J connectivity index is 0.932. The van der Waals surface area contributed by atoms with Crippen molar-refractivity contribution < 1.29 is 19.1 Å². The normalized spacial score (nSPS) is 19.6. The van der Waals surface area contributed by atoms with Crippen LogP contribution in [0.1, 0.15) is 90.8 Å². The third kappa shape index (κ3) is 7.56. The number of aromatic amines is 1. The molecule has 3 aliphatic heterocycles. The zero-order valence-corrected chi connectivity index (χ0v) is 29.8. The third-order valence-corrected chi connectivity index (χ3v) is 10.7. The number of hydrogen-bond acceptors (Lipinski definition) is 6. The van der Waals surface area contributed by atoms with Gasteiger partial charge in [-0.1, -0.05) is 84.9 Å². The highest BCUT2D eigenvalue weighted by atomic mass is 16.5. The van der Waals surface area contributed by atoms with E-state index < -0.39 is 12.1 Å². The summed E-state index contributed by atoms with van der Waals surface area (Å²) in [5.74, 6) is 0.683. The van der Waals surface area contributed by atoms with Crippen LogP contribution in [0.4, 0.5) is 4.79 Å². The molecule has 2 fully saturated rings. The molecule has 4 atom stereocenters. The Morgan fingerprint density at radius 2 is 1.50 bits per heavy atom. The number of hydrogen-bond donors (Lipinski definition) is 2. The van der Waals surface area contributed by atoms with E-state index in [1.165, 1.54) is 12.7 Å². The second-order valence-corrected chi connectivity index (χ2v) is 13.9. The number of H-pyrrole nitrogens is 1. The zero-order valence-electron chi connectivity index (χ0n) is 29.8. The molecule has 4 heterocycles. The van der Waals surface area contributed by atoms with Gasteiger partial charge in [-0.15, -0.1) is 0 Å². The molecule has 0 saturated carbocycles. The number of likely N-dealkylation sites (tertiary alicyclic amines) is 2. The average molecular weight is 699 g/mol. The zero-order chi connectivity index (χ0) is 36.0. The Kier molecular flexibility index (Phi) is 10.6. The first-order chi connectivity index (χ1) is 25.4. The number of nitrogens with one attached hydrogen (secondary N) is 2. The van der Waals surface area contributed by atoms with Crippen LogP contribution in [0.2, 0.25) is 0 Å². The Morgan fingerprint density at radius 1 is 0.846 bits per heavy atom. The van der Waals surface area contributed by atoms with E-state index in [2.05, 4.69) is 34.6 Å². The van der Waals surface area contributed by atoms with Crippen molar-refractivity contribution in [3.63, 3.8) is 0 Å². The number of aromatic nitrogens is 2. The molecule has 0 aliphatic carbocycles. The summed E-state index contributed by atoms with van der Waals surface area (Å²) in [6, 6.07) is 26.9. The summed E-state index contributed by atoms with van der Waals surface area (Å²) >= 11 is 0. The van der Waals surface area contributed by atoms with Gasteiger partial charge in [-0.05, 0) is 73.3 Å². The molecule has 10 nitrogen and oxygen atoms in total. The van der Waals surface area contributed by atoms with Crippen molar-refractivity contribution in [1.82, 2.24) is 25.1 Å². The number of alkyl carbamates (subject to hydrolysis) is 1. The number of benzene rings is 3. The minimum absolute atomic E-state index is 0.0188. The predicted molar refractivity (Wildman–Crippen MR) is 200 cm³/mol. The van der Waals surface area contributed by atoms with Gasteiger partial charge < -0.3 is 24.8 Å². The number of carbonyl (C=O) groups is 3. The number of carbonyl (C=O) groups excluding carboxylic acids is 3. The lowest BCUT2D eigenvalue weighted by molar-refractivity contribution is -0.134. The lowest BCUT2D eigenvalue weighted by Gasteiger charge is -2.29. The van der Waals surface area contributed by atoms with E-state index in [-0.39, 0.29) is 29.8 Å². The third-order valence-electron chi connectivity index (χ3n) is 10.7. The van der Waals surface area contributed by atoms with E-state index in [4.69, 9.17) is 14.7 Å². The maximum Gasteiger partial charge on any atom is 0.407 e. The standard InChI is InChI=1S/C42H46N6O4/c1-28(30-11-5-3-6-12-30)40(49)48-24-10-16-37(48)39-44-27-34(45-39)22-19-29-17-20-31(21-18-29)33-25-35(43-26-33)36-15-9-23-47(36)41(50)38(46-42(51)52-2)32-13-7-4-8-14-32/h3-8,11-14,17-18,20-21,26-28,36-38H,9-10,15-16,19,22-25H2,1-2H3,(H,44,45)(H,46,51)/t28-,36+,37+,38-/m1/s1. The molecular weight excluding hydrogens is 652 g/mol. The fourth-order valence-electron chi connectivity index (χ4n) is 7.77. The molecule has 1 aromatic heterocycles. The fourth-order valence-corrected chi connectivity index (χ4v) is 7.77. The van der Waals surface area contributed by atoms with E-state index in [9.17, 15) is 14.4 Å². The molecule has 10 heteroatoms. The lowest BCUT2D eigenvalue weighted by atomic mass is 9.96. The van der Waals surface area contributed by atoms with Crippen LogP contribution in [0.3, 0.4) is 0 Å². The monoisotopic (exact) mass is 698 g/mol. The van der Waals surface area contributed by atoms with Crippen molar-refractivity contribution >= 4 is 29.2 Å². The topological polar surface area (TPSA) is 120 Å². The van der Waals surface area contributed by atoms with E-state index in [0.29, 0.717) is 18.5 Å². The van der Waals surface area contributed by atoms with Gasteiger partial charge in [-0.25, -0.2) is 9.78 Å². The molecule has 7 rings (SSSR count). The molecule has 3 aromatic carbocycles. The first kappa shape index (κ1) is 34.9. The number of nitrogens with zero attached hydrogens (tertiary/aromatic N) is 4. The summed E-state index contributed by atoms with van der Waals surface area (Å²) in [6.45, 7) is 3.36. The van der Waals surface area contributed by atoms with Crippen molar-refractivity contribution in [2.75, 3.05) is 20.2 Å². The molecule has 268 valence electrons. The van der Waals surface area contributed by atoms with Crippen molar-refractivity contribution in [3.05, 3.63) is 131 Å². The van der Waals surface area contributed by atoms with Gasteiger partial charge in [-0.2, -0.15) is 0 Å². The fraction of sp³-hybridized carbons (Fsp3) is 0.357. The molecule has 0 spiro atoms. The smallest absolute Gasteiger partial charge is 0.407 e.